The van der Waals surface area contributed by atoms with Crippen LogP contribution in [0.5, 0.6) is 5.75 Å². The molecule has 0 aliphatic carbocycles. The van der Waals surface area contributed by atoms with E-state index in [1.54, 1.807) is 0 Å². The van der Waals surface area contributed by atoms with Crippen LogP contribution in [0.1, 0.15) is 6.92 Å². The van der Waals surface area contributed by atoms with Gasteiger partial charge in [0.05, 0.1) is 6.61 Å². The Morgan fingerprint density at radius 2 is 1.88 bits per heavy atom. The molecule has 1 amide bonds. The molecule has 1 N–H and O–H groups in total. The number of hydrogen-bond acceptors (Lipinski definition) is 5. The van der Waals surface area contributed by atoms with Crippen molar-refractivity contribution in [3.63, 3.8) is 0 Å². The molecule has 0 aliphatic rings. The molecule has 1 heterocycles. The van der Waals surface area contributed by atoms with E-state index in [1.165, 1.54) is 29.1 Å². The quantitative estimate of drug-likeness (QED) is 0.745. The number of halogens is 1. The molecular weight excluding hydrogens is 325 g/mol. The number of carbonyl (C=O) groups is 1. The number of hydrogen-bond donors (Lipinski definition) is 1. The van der Waals surface area contributed by atoms with Crippen LogP contribution in [-0.2, 0) is 11.3 Å². The zero-order valence-corrected chi connectivity index (χ0v) is 13.5. The normalized spacial score (nSPS) is 10.5. The Balaban J connectivity index is 1.62. The second-order valence-electron chi connectivity index (χ2n) is 5.16. The predicted octanol–water partition coefficient (Wildman–Crippen LogP) is 2.52. The van der Waals surface area contributed by atoms with Crippen molar-refractivity contribution in [1.82, 2.24) is 20.2 Å². The van der Waals surface area contributed by atoms with Crippen LogP contribution in [0.4, 0.5) is 10.1 Å². The summed E-state index contributed by atoms with van der Waals surface area (Å²) in [5, 5.41) is 14.6. The van der Waals surface area contributed by atoms with Gasteiger partial charge in [0.1, 0.15) is 18.1 Å². The molecule has 0 fully saturated rings. The summed E-state index contributed by atoms with van der Waals surface area (Å²) in [5.41, 5.74) is 1.27. The van der Waals surface area contributed by atoms with E-state index in [0.29, 0.717) is 18.1 Å². The summed E-state index contributed by atoms with van der Waals surface area (Å²) in [6, 6.07) is 12.8. The first-order chi connectivity index (χ1) is 12.1. The van der Waals surface area contributed by atoms with Gasteiger partial charge in [-0.1, -0.05) is 0 Å². The number of tetrazole rings is 1. The Labute approximate surface area is 143 Å². The summed E-state index contributed by atoms with van der Waals surface area (Å²) in [4.78, 5) is 13.2. The van der Waals surface area contributed by atoms with Crippen LogP contribution in [0.25, 0.3) is 11.4 Å². The van der Waals surface area contributed by atoms with Gasteiger partial charge in [-0.3, -0.25) is 4.79 Å². The number of aromatic nitrogens is 4. The highest BCUT2D eigenvalue weighted by Crippen LogP contribution is 2.18. The third-order valence-electron chi connectivity index (χ3n) is 3.29. The molecule has 0 radical (unpaired) electrons. The molecule has 7 nitrogen and oxygen atoms in total. The number of rotatable bonds is 6. The van der Waals surface area contributed by atoms with Crippen LogP contribution in [-0.4, -0.2) is 32.7 Å². The summed E-state index contributed by atoms with van der Waals surface area (Å²) in [7, 11) is 0. The van der Waals surface area contributed by atoms with Crippen molar-refractivity contribution in [2.75, 3.05) is 11.9 Å². The first-order valence-corrected chi connectivity index (χ1v) is 7.70. The van der Waals surface area contributed by atoms with Gasteiger partial charge in [0.2, 0.25) is 11.7 Å². The van der Waals surface area contributed by atoms with E-state index in [2.05, 4.69) is 20.7 Å². The third kappa shape index (κ3) is 4.37. The van der Waals surface area contributed by atoms with Crippen LogP contribution in [0.3, 0.4) is 0 Å². The van der Waals surface area contributed by atoms with Crippen LogP contribution >= 0.6 is 0 Å². The Bertz CT molecular complexity index is 846. The van der Waals surface area contributed by atoms with Gasteiger partial charge in [-0.05, 0) is 60.7 Å². The van der Waals surface area contributed by atoms with Crippen molar-refractivity contribution in [3.05, 3.63) is 54.3 Å². The van der Waals surface area contributed by atoms with Gasteiger partial charge in [-0.2, -0.15) is 4.80 Å². The van der Waals surface area contributed by atoms with E-state index >= 15 is 0 Å². The van der Waals surface area contributed by atoms with Gasteiger partial charge in [0.15, 0.2) is 0 Å². The lowest BCUT2D eigenvalue weighted by Crippen LogP contribution is -2.20. The molecule has 3 rings (SSSR count). The maximum absolute atomic E-state index is 12.8. The SMILES string of the molecule is CCOc1ccc(-c2nnn(CC(=O)Nc3ccc(F)cc3)n2)cc1. The monoisotopic (exact) mass is 341 g/mol. The van der Waals surface area contributed by atoms with E-state index < -0.39 is 0 Å². The number of amides is 1. The van der Waals surface area contributed by atoms with E-state index in [0.717, 1.165) is 11.3 Å². The minimum atomic E-state index is -0.365. The van der Waals surface area contributed by atoms with E-state index in [-0.39, 0.29) is 18.3 Å². The summed E-state index contributed by atoms with van der Waals surface area (Å²) >= 11 is 0. The molecule has 128 valence electrons. The molecular formula is C17H16FN5O2. The fourth-order valence-electron chi connectivity index (χ4n) is 2.15. The van der Waals surface area contributed by atoms with Crippen LogP contribution in [0, 0.1) is 5.82 Å². The first-order valence-electron chi connectivity index (χ1n) is 7.70. The van der Waals surface area contributed by atoms with Crippen molar-refractivity contribution in [2.45, 2.75) is 13.5 Å². The lowest BCUT2D eigenvalue weighted by molar-refractivity contribution is -0.117. The molecule has 0 bridgehead atoms. The lowest BCUT2D eigenvalue weighted by atomic mass is 10.2. The minimum Gasteiger partial charge on any atom is -0.494 e. The average Bonchev–Trinajstić information content (AvgIpc) is 3.06. The maximum Gasteiger partial charge on any atom is 0.248 e. The maximum atomic E-state index is 12.8. The number of anilines is 1. The average molecular weight is 341 g/mol. The van der Waals surface area contributed by atoms with Crippen molar-refractivity contribution < 1.29 is 13.9 Å². The largest absolute Gasteiger partial charge is 0.494 e. The highest BCUT2D eigenvalue weighted by molar-refractivity contribution is 5.90. The lowest BCUT2D eigenvalue weighted by Gasteiger charge is -2.04. The Kier molecular flexibility index (Phi) is 4.98. The number of ether oxygens (including phenoxy) is 1. The van der Waals surface area contributed by atoms with Crippen LogP contribution in [0.15, 0.2) is 48.5 Å². The minimum absolute atomic E-state index is 0.0958. The Morgan fingerprint density at radius 1 is 1.16 bits per heavy atom. The number of nitrogens with one attached hydrogen (secondary N) is 1. The Morgan fingerprint density at radius 3 is 2.56 bits per heavy atom. The van der Waals surface area contributed by atoms with E-state index in [4.69, 9.17) is 4.74 Å². The zero-order chi connectivity index (χ0) is 17.6. The highest BCUT2D eigenvalue weighted by Gasteiger charge is 2.10. The topological polar surface area (TPSA) is 81.9 Å². The number of benzene rings is 2. The van der Waals surface area contributed by atoms with Gasteiger partial charge < -0.3 is 10.1 Å². The van der Waals surface area contributed by atoms with Crippen molar-refractivity contribution in [1.29, 1.82) is 0 Å². The molecule has 0 spiro atoms. The molecule has 3 aromatic rings. The van der Waals surface area contributed by atoms with Gasteiger partial charge in [0, 0.05) is 11.3 Å². The summed E-state index contributed by atoms with van der Waals surface area (Å²) < 4.78 is 18.2. The molecule has 1 aromatic heterocycles. The molecule has 0 unspecified atom stereocenters. The molecule has 0 saturated carbocycles. The van der Waals surface area contributed by atoms with Gasteiger partial charge in [-0.25, -0.2) is 4.39 Å². The van der Waals surface area contributed by atoms with Crippen molar-refractivity contribution in [3.8, 4) is 17.1 Å². The van der Waals surface area contributed by atoms with Gasteiger partial charge in [0.25, 0.3) is 0 Å². The predicted molar refractivity (Wildman–Crippen MR) is 89.5 cm³/mol. The number of carbonyl (C=O) groups excluding carboxylic acids is 1. The Hall–Kier alpha value is -3.29. The molecule has 8 heteroatoms. The van der Waals surface area contributed by atoms with E-state index in [9.17, 15) is 9.18 Å². The second-order valence-corrected chi connectivity index (χ2v) is 5.16. The standard InChI is InChI=1S/C17H16FN5O2/c1-2-25-15-9-3-12(4-10-15)17-20-22-23(21-17)11-16(24)19-14-7-5-13(18)6-8-14/h3-10H,2,11H2,1H3,(H,19,24). The second kappa shape index (κ2) is 7.52. The first kappa shape index (κ1) is 16.6. The molecule has 0 atom stereocenters. The summed E-state index contributed by atoms with van der Waals surface area (Å²) in [6.07, 6.45) is 0. The van der Waals surface area contributed by atoms with Crippen molar-refractivity contribution in [2.24, 2.45) is 0 Å². The molecule has 2 aromatic carbocycles. The van der Waals surface area contributed by atoms with Crippen LogP contribution in [0.2, 0.25) is 0 Å². The van der Waals surface area contributed by atoms with Gasteiger partial charge >= 0.3 is 0 Å². The summed E-state index contributed by atoms with van der Waals surface area (Å²) in [6.45, 7) is 2.41. The highest BCUT2D eigenvalue weighted by atomic mass is 19.1. The number of nitrogens with zero attached hydrogens (tertiary/aromatic N) is 4. The molecule has 25 heavy (non-hydrogen) atoms. The third-order valence-corrected chi connectivity index (χ3v) is 3.29. The van der Waals surface area contributed by atoms with Gasteiger partial charge in [-0.15, -0.1) is 10.2 Å². The fourth-order valence-corrected chi connectivity index (χ4v) is 2.15. The summed E-state index contributed by atoms with van der Waals surface area (Å²) in [5.74, 6) is 0.480. The molecule has 0 aliphatic heterocycles. The van der Waals surface area contributed by atoms with Crippen molar-refractivity contribution >= 4 is 11.6 Å². The van der Waals surface area contributed by atoms with Crippen LogP contribution < -0.4 is 10.1 Å². The zero-order valence-electron chi connectivity index (χ0n) is 13.5. The molecule has 0 saturated heterocycles. The van der Waals surface area contributed by atoms with E-state index in [1.807, 2.05) is 31.2 Å². The smallest absolute Gasteiger partial charge is 0.248 e. The fraction of sp³-hybridized carbons (Fsp3) is 0.176.